The van der Waals surface area contributed by atoms with Gasteiger partial charge in [0.2, 0.25) is 5.91 Å². The Kier molecular flexibility index (Phi) is 2.98. The van der Waals surface area contributed by atoms with E-state index >= 15 is 0 Å². The van der Waals surface area contributed by atoms with E-state index in [-0.39, 0.29) is 18.1 Å². The highest BCUT2D eigenvalue weighted by atomic mass is 16.3. The molecule has 4 nitrogen and oxygen atoms in total. The van der Waals surface area contributed by atoms with Crippen molar-refractivity contribution in [1.29, 1.82) is 0 Å². The normalized spacial score (nSPS) is 33.3. The number of β-amino-alcohol motifs (C(OH)–C–C–N with tert-alkyl or cyclic N) is 1. The Morgan fingerprint density at radius 2 is 2.07 bits per heavy atom. The number of likely N-dealkylation sites (tertiary alicyclic amines) is 2. The van der Waals surface area contributed by atoms with Gasteiger partial charge in [-0.15, -0.1) is 0 Å². The lowest BCUT2D eigenvalue weighted by molar-refractivity contribution is -0.133. The Morgan fingerprint density at radius 1 is 1.33 bits per heavy atom. The summed E-state index contributed by atoms with van der Waals surface area (Å²) >= 11 is 0. The molecule has 4 heteroatoms. The summed E-state index contributed by atoms with van der Waals surface area (Å²) in [5, 5.41) is 9.45. The van der Waals surface area contributed by atoms with Crippen molar-refractivity contribution in [2.45, 2.75) is 44.9 Å². The number of carbonyl (C=O) groups excluding carboxylic acids is 1. The van der Waals surface area contributed by atoms with Gasteiger partial charge in [-0.05, 0) is 26.7 Å². The maximum atomic E-state index is 12.0. The van der Waals surface area contributed by atoms with Crippen molar-refractivity contribution in [3.8, 4) is 0 Å². The number of aliphatic hydroxyl groups excluding tert-OH is 1. The Morgan fingerprint density at radius 3 is 2.53 bits per heavy atom. The van der Waals surface area contributed by atoms with Gasteiger partial charge >= 0.3 is 0 Å². The van der Waals surface area contributed by atoms with Crippen LogP contribution in [0.2, 0.25) is 0 Å². The Hall–Kier alpha value is -0.610. The van der Waals surface area contributed by atoms with Crippen molar-refractivity contribution in [3.05, 3.63) is 0 Å². The first-order chi connectivity index (χ1) is 7.09. The molecule has 0 aliphatic carbocycles. The predicted molar refractivity (Wildman–Crippen MR) is 57.5 cm³/mol. The third-order valence-corrected chi connectivity index (χ3v) is 3.47. The van der Waals surface area contributed by atoms with E-state index in [4.69, 9.17) is 0 Å². The molecule has 2 saturated heterocycles. The number of aliphatic hydroxyl groups is 1. The Labute approximate surface area is 90.9 Å². The first-order valence-electron chi connectivity index (χ1n) is 5.82. The highest BCUT2D eigenvalue weighted by Gasteiger charge is 2.39. The average Bonchev–Trinajstić information content (AvgIpc) is 2.71. The van der Waals surface area contributed by atoms with E-state index in [2.05, 4.69) is 18.7 Å². The van der Waals surface area contributed by atoms with Crippen LogP contribution in [0.3, 0.4) is 0 Å². The smallest absolute Gasteiger partial charge is 0.240 e. The number of nitrogens with zero attached hydrogens (tertiary/aromatic N) is 2. The van der Waals surface area contributed by atoms with Gasteiger partial charge in [0.1, 0.15) is 0 Å². The second kappa shape index (κ2) is 4.10. The zero-order chi connectivity index (χ0) is 11.0. The van der Waals surface area contributed by atoms with E-state index in [1.54, 1.807) is 0 Å². The number of carbonyl (C=O) groups is 1. The third kappa shape index (κ3) is 2.01. The molecule has 2 rings (SSSR count). The fourth-order valence-corrected chi connectivity index (χ4v) is 2.59. The summed E-state index contributed by atoms with van der Waals surface area (Å²) < 4.78 is 0. The molecule has 2 atom stereocenters. The van der Waals surface area contributed by atoms with E-state index in [1.165, 1.54) is 0 Å². The van der Waals surface area contributed by atoms with Gasteiger partial charge in [0.05, 0.1) is 12.1 Å². The van der Waals surface area contributed by atoms with Crippen molar-refractivity contribution in [1.82, 2.24) is 9.80 Å². The first-order valence-corrected chi connectivity index (χ1v) is 5.82. The van der Waals surface area contributed by atoms with Gasteiger partial charge in [-0.25, -0.2) is 0 Å². The fraction of sp³-hybridized carbons (Fsp3) is 0.909. The van der Waals surface area contributed by atoms with E-state index in [0.717, 1.165) is 25.9 Å². The van der Waals surface area contributed by atoms with Gasteiger partial charge in [0.25, 0.3) is 0 Å². The summed E-state index contributed by atoms with van der Waals surface area (Å²) in [6.07, 6.45) is 1.50. The quantitative estimate of drug-likeness (QED) is 0.704. The van der Waals surface area contributed by atoms with Crippen LogP contribution in [-0.4, -0.2) is 58.6 Å². The molecule has 0 radical (unpaired) electrons. The van der Waals surface area contributed by atoms with Crippen molar-refractivity contribution in [2.75, 3.05) is 19.6 Å². The molecule has 1 unspecified atom stereocenters. The van der Waals surface area contributed by atoms with E-state index in [9.17, 15) is 9.90 Å². The van der Waals surface area contributed by atoms with Crippen LogP contribution < -0.4 is 0 Å². The number of rotatable bonds is 2. The van der Waals surface area contributed by atoms with Crippen LogP contribution in [0.5, 0.6) is 0 Å². The number of hydrogen-bond donors (Lipinski definition) is 1. The van der Waals surface area contributed by atoms with Crippen LogP contribution in [0.1, 0.15) is 26.7 Å². The minimum Gasteiger partial charge on any atom is -0.392 e. The fourth-order valence-electron chi connectivity index (χ4n) is 2.59. The van der Waals surface area contributed by atoms with Gasteiger partial charge in [0.15, 0.2) is 0 Å². The maximum Gasteiger partial charge on any atom is 0.240 e. The summed E-state index contributed by atoms with van der Waals surface area (Å²) in [7, 11) is 0. The highest BCUT2D eigenvalue weighted by molar-refractivity contribution is 5.84. The molecule has 0 aromatic heterocycles. The monoisotopic (exact) mass is 212 g/mol. The average molecular weight is 212 g/mol. The molecule has 0 bridgehead atoms. The molecule has 2 aliphatic rings. The predicted octanol–water partition coefficient (Wildman–Crippen LogP) is 0.0623. The molecule has 2 aliphatic heterocycles. The molecule has 1 N–H and O–H groups in total. The molecule has 2 heterocycles. The molecule has 86 valence electrons. The maximum absolute atomic E-state index is 12.0. The van der Waals surface area contributed by atoms with Gasteiger partial charge in [0, 0.05) is 25.7 Å². The van der Waals surface area contributed by atoms with Crippen molar-refractivity contribution < 1.29 is 9.90 Å². The Balaban J connectivity index is 1.98. The van der Waals surface area contributed by atoms with Gasteiger partial charge < -0.3 is 10.0 Å². The van der Waals surface area contributed by atoms with Gasteiger partial charge in [-0.1, -0.05) is 0 Å². The lowest BCUT2D eigenvalue weighted by Crippen LogP contribution is -2.42. The second-order valence-corrected chi connectivity index (χ2v) is 4.87. The molecule has 0 spiro atoms. The Bertz CT molecular complexity index is 255. The topological polar surface area (TPSA) is 43.8 Å². The zero-order valence-corrected chi connectivity index (χ0v) is 9.52. The van der Waals surface area contributed by atoms with Crippen LogP contribution in [-0.2, 0) is 4.79 Å². The van der Waals surface area contributed by atoms with Crippen molar-refractivity contribution in [2.24, 2.45) is 0 Å². The van der Waals surface area contributed by atoms with Crippen LogP contribution in [0, 0.1) is 0 Å². The largest absolute Gasteiger partial charge is 0.392 e. The summed E-state index contributed by atoms with van der Waals surface area (Å²) in [6.45, 7) is 6.51. The van der Waals surface area contributed by atoms with Crippen molar-refractivity contribution in [3.63, 3.8) is 0 Å². The molecule has 15 heavy (non-hydrogen) atoms. The van der Waals surface area contributed by atoms with E-state index < -0.39 is 0 Å². The molecular weight excluding hydrogens is 192 g/mol. The standard InChI is InChI=1S/C11H20N2O2/c1-8(2)13-6-4-10(11(13)15)12-5-3-9(14)7-12/h8-10,14H,3-7H2,1-2H3/t9-,10?/m1/s1. The van der Waals surface area contributed by atoms with E-state index in [0.29, 0.717) is 12.6 Å². The lowest BCUT2D eigenvalue weighted by atomic mass is 10.2. The molecule has 1 amide bonds. The van der Waals surface area contributed by atoms with Crippen LogP contribution in [0.15, 0.2) is 0 Å². The summed E-state index contributed by atoms with van der Waals surface area (Å²) in [6, 6.07) is 0.333. The third-order valence-electron chi connectivity index (χ3n) is 3.47. The lowest BCUT2D eigenvalue weighted by Gasteiger charge is -2.24. The van der Waals surface area contributed by atoms with Gasteiger partial charge in [-0.3, -0.25) is 9.69 Å². The number of hydrogen-bond acceptors (Lipinski definition) is 3. The first kappa shape index (κ1) is 10.9. The van der Waals surface area contributed by atoms with Crippen LogP contribution in [0.25, 0.3) is 0 Å². The zero-order valence-electron chi connectivity index (χ0n) is 9.52. The molecule has 0 aromatic carbocycles. The summed E-state index contributed by atoms with van der Waals surface area (Å²) in [5.41, 5.74) is 0. The molecular formula is C11H20N2O2. The molecule has 0 aromatic rings. The van der Waals surface area contributed by atoms with Crippen LogP contribution >= 0.6 is 0 Å². The van der Waals surface area contributed by atoms with Gasteiger partial charge in [-0.2, -0.15) is 0 Å². The van der Waals surface area contributed by atoms with Crippen molar-refractivity contribution >= 4 is 5.91 Å². The molecule has 0 saturated carbocycles. The summed E-state index contributed by atoms with van der Waals surface area (Å²) in [5.74, 6) is 0.249. The number of amides is 1. The SMILES string of the molecule is CC(C)N1CCC(N2CC[C@@H](O)C2)C1=O. The molecule has 2 fully saturated rings. The minimum absolute atomic E-state index is 0.0320. The summed E-state index contributed by atoms with van der Waals surface area (Å²) in [4.78, 5) is 16.1. The van der Waals surface area contributed by atoms with E-state index in [1.807, 2.05) is 4.90 Å². The highest BCUT2D eigenvalue weighted by Crippen LogP contribution is 2.23. The van der Waals surface area contributed by atoms with Crippen LogP contribution in [0.4, 0.5) is 0 Å². The minimum atomic E-state index is -0.231. The second-order valence-electron chi connectivity index (χ2n) is 4.87.